The summed E-state index contributed by atoms with van der Waals surface area (Å²) in [6, 6.07) is 8.47. The molecule has 15 heavy (non-hydrogen) atoms. The first kappa shape index (κ1) is 12.9. The number of aliphatic hydroxyl groups is 1. The van der Waals surface area contributed by atoms with E-state index in [1.54, 1.807) is 0 Å². The van der Waals surface area contributed by atoms with Crippen LogP contribution in [-0.2, 0) is 6.54 Å². The predicted molar refractivity (Wildman–Crippen MR) is 71.8 cm³/mol. The van der Waals surface area contributed by atoms with Gasteiger partial charge >= 0.3 is 0 Å². The lowest BCUT2D eigenvalue weighted by Gasteiger charge is -2.25. The van der Waals surface area contributed by atoms with Crippen molar-refractivity contribution in [1.82, 2.24) is 5.32 Å². The molecule has 0 aliphatic rings. The van der Waals surface area contributed by atoms with Crippen molar-refractivity contribution in [3.63, 3.8) is 0 Å². The molecule has 0 spiro atoms. The zero-order valence-corrected chi connectivity index (χ0v) is 11.4. The number of benzene rings is 1. The van der Waals surface area contributed by atoms with Gasteiger partial charge in [0, 0.05) is 22.3 Å². The van der Waals surface area contributed by atoms with E-state index in [0.29, 0.717) is 0 Å². The van der Waals surface area contributed by atoms with Crippen LogP contribution in [-0.4, -0.2) is 17.3 Å². The van der Waals surface area contributed by atoms with Gasteiger partial charge in [0.2, 0.25) is 0 Å². The second-order valence-electron chi connectivity index (χ2n) is 4.34. The fraction of sp³-hybridized carbons (Fsp3) is 0.500. The number of hydrogen-bond donors (Lipinski definition) is 2. The summed E-state index contributed by atoms with van der Waals surface area (Å²) >= 11 is 2.30. The largest absolute Gasteiger partial charge is 0.396 e. The maximum atomic E-state index is 8.89. The summed E-state index contributed by atoms with van der Waals surface area (Å²) in [6.45, 7) is 5.29. The Hall–Kier alpha value is -0.130. The standard InChI is InChI=1S/C12H18INO/c1-12(2,7-8-15)14-9-10-3-5-11(13)6-4-10/h3-6,14-15H,7-9H2,1-2H3. The lowest BCUT2D eigenvalue weighted by molar-refractivity contribution is 0.230. The summed E-state index contributed by atoms with van der Waals surface area (Å²) in [5, 5.41) is 12.3. The van der Waals surface area contributed by atoms with Crippen LogP contribution in [0, 0.1) is 3.57 Å². The fourth-order valence-corrected chi connectivity index (χ4v) is 1.67. The number of hydrogen-bond acceptors (Lipinski definition) is 2. The van der Waals surface area contributed by atoms with Crippen molar-refractivity contribution < 1.29 is 5.11 Å². The molecule has 2 nitrogen and oxygen atoms in total. The highest BCUT2D eigenvalue weighted by Gasteiger charge is 2.15. The highest BCUT2D eigenvalue weighted by molar-refractivity contribution is 14.1. The molecule has 0 atom stereocenters. The lowest BCUT2D eigenvalue weighted by atomic mass is 10.0. The smallest absolute Gasteiger partial charge is 0.0448 e. The average molecular weight is 319 g/mol. The number of rotatable bonds is 5. The van der Waals surface area contributed by atoms with Gasteiger partial charge in [0.05, 0.1) is 0 Å². The molecule has 0 fully saturated rings. The van der Waals surface area contributed by atoms with Crippen molar-refractivity contribution in [2.24, 2.45) is 0 Å². The molecule has 2 N–H and O–H groups in total. The Morgan fingerprint density at radius 2 is 1.87 bits per heavy atom. The van der Waals surface area contributed by atoms with Crippen molar-refractivity contribution >= 4 is 22.6 Å². The molecule has 0 aliphatic heterocycles. The second-order valence-corrected chi connectivity index (χ2v) is 5.58. The Labute approximate surface area is 105 Å². The second kappa shape index (κ2) is 5.82. The minimum absolute atomic E-state index is 0.00224. The first-order valence-corrected chi connectivity index (χ1v) is 6.22. The maximum Gasteiger partial charge on any atom is 0.0448 e. The minimum atomic E-state index is -0.00224. The molecular formula is C12H18INO. The van der Waals surface area contributed by atoms with Crippen LogP contribution in [0.25, 0.3) is 0 Å². The fourth-order valence-electron chi connectivity index (χ4n) is 1.31. The Morgan fingerprint density at radius 3 is 2.40 bits per heavy atom. The zero-order valence-electron chi connectivity index (χ0n) is 9.26. The normalized spacial score (nSPS) is 11.7. The van der Waals surface area contributed by atoms with Gasteiger partial charge in [-0.25, -0.2) is 0 Å². The Bertz CT molecular complexity index is 295. The predicted octanol–water partition coefficient (Wildman–Crippen LogP) is 2.54. The molecule has 0 radical (unpaired) electrons. The van der Waals surface area contributed by atoms with Crippen LogP contribution in [0.2, 0.25) is 0 Å². The molecular weight excluding hydrogens is 301 g/mol. The quantitative estimate of drug-likeness (QED) is 0.818. The van der Waals surface area contributed by atoms with Gasteiger partial charge in [0.1, 0.15) is 0 Å². The Kier molecular flexibility index (Phi) is 5.02. The van der Waals surface area contributed by atoms with E-state index in [1.165, 1.54) is 9.13 Å². The molecule has 0 amide bonds. The Balaban J connectivity index is 2.46. The van der Waals surface area contributed by atoms with Crippen LogP contribution >= 0.6 is 22.6 Å². The van der Waals surface area contributed by atoms with E-state index in [2.05, 4.69) is 66.0 Å². The molecule has 0 saturated carbocycles. The van der Waals surface area contributed by atoms with Crippen molar-refractivity contribution in [2.45, 2.75) is 32.4 Å². The van der Waals surface area contributed by atoms with E-state index in [9.17, 15) is 0 Å². The summed E-state index contributed by atoms with van der Waals surface area (Å²) in [5.74, 6) is 0. The molecule has 3 heteroatoms. The van der Waals surface area contributed by atoms with Crippen LogP contribution in [0.1, 0.15) is 25.8 Å². The first-order valence-electron chi connectivity index (χ1n) is 5.14. The molecule has 0 aliphatic carbocycles. The molecule has 1 rings (SSSR count). The lowest BCUT2D eigenvalue weighted by Crippen LogP contribution is -2.39. The van der Waals surface area contributed by atoms with Crippen LogP contribution in [0.5, 0.6) is 0 Å². The van der Waals surface area contributed by atoms with Crippen LogP contribution in [0.3, 0.4) is 0 Å². The van der Waals surface area contributed by atoms with Gasteiger partial charge in [-0.3, -0.25) is 0 Å². The maximum absolute atomic E-state index is 8.89. The third-order valence-electron chi connectivity index (χ3n) is 2.42. The molecule has 0 bridgehead atoms. The van der Waals surface area contributed by atoms with Crippen LogP contribution in [0.4, 0.5) is 0 Å². The molecule has 0 heterocycles. The molecule has 1 aromatic rings. The van der Waals surface area contributed by atoms with Crippen LogP contribution < -0.4 is 5.32 Å². The van der Waals surface area contributed by atoms with Gasteiger partial charge < -0.3 is 10.4 Å². The van der Waals surface area contributed by atoms with Crippen molar-refractivity contribution in [3.8, 4) is 0 Å². The minimum Gasteiger partial charge on any atom is -0.396 e. The van der Waals surface area contributed by atoms with Crippen LogP contribution in [0.15, 0.2) is 24.3 Å². The number of nitrogens with one attached hydrogen (secondary N) is 1. The van der Waals surface area contributed by atoms with Gasteiger partial charge in [-0.05, 0) is 60.6 Å². The number of halogens is 1. The SMILES string of the molecule is CC(C)(CCO)NCc1ccc(I)cc1. The summed E-state index contributed by atoms with van der Waals surface area (Å²) < 4.78 is 1.26. The third kappa shape index (κ3) is 4.95. The molecule has 1 aromatic carbocycles. The van der Waals surface area contributed by atoms with E-state index in [1.807, 2.05) is 0 Å². The molecule has 0 saturated heterocycles. The van der Waals surface area contributed by atoms with Crippen molar-refractivity contribution in [3.05, 3.63) is 33.4 Å². The molecule has 0 aromatic heterocycles. The van der Waals surface area contributed by atoms with Gasteiger partial charge in [-0.2, -0.15) is 0 Å². The van der Waals surface area contributed by atoms with Gasteiger partial charge in [0.15, 0.2) is 0 Å². The molecule has 0 unspecified atom stereocenters. The summed E-state index contributed by atoms with van der Waals surface area (Å²) in [4.78, 5) is 0. The Morgan fingerprint density at radius 1 is 1.27 bits per heavy atom. The summed E-state index contributed by atoms with van der Waals surface area (Å²) in [7, 11) is 0. The van der Waals surface area contributed by atoms with Crippen molar-refractivity contribution in [1.29, 1.82) is 0 Å². The summed E-state index contributed by atoms with van der Waals surface area (Å²) in [5.41, 5.74) is 1.28. The van der Waals surface area contributed by atoms with E-state index in [4.69, 9.17) is 5.11 Å². The van der Waals surface area contributed by atoms with Crippen molar-refractivity contribution in [2.75, 3.05) is 6.61 Å². The summed E-state index contributed by atoms with van der Waals surface area (Å²) in [6.07, 6.45) is 0.775. The van der Waals surface area contributed by atoms with Gasteiger partial charge in [0.25, 0.3) is 0 Å². The highest BCUT2D eigenvalue weighted by atomic mass is 127. The van der Waals surface area contributed by atoms with E-state index >= 15 is 0 Å². The highest BCUT2D eigenvalue weighted by Crippen LogP contribution is 2.11. The van der Waals surface area contributed by atoms with Gasteiger partial charge in [-0.1, -0.05) is 12.1 Å². The third-order valence-corrected chi connectivity index (χ3v) is 3.14. The van der Waals surface area contributed by atoms with E-state index in [-0.39, 0.29) is 12.1 Å². The monoisotopic (exact) mass is 319 g/mol. The van der Waals surface area contributed by atoms with E-state index < -0.39 is 0 Å². The van der Waals surface area contributed by atoms with Gasteiger partial charge in [-0.15, -0.1) is 0 Å². The average Bonchev–Trinajstić information content (AvgIpc) is 2.17. The zero-order chi connectivity index (χ0) is 11.3. The topological polar surface area (TPSA) is 32.3 Å². The molecule has 84 valence electrons. The van der Waals surface area contributed by atoms with E-state index in [0.717, 1.165) is 13.0 Å². The number of aliphatic hydroxyl groups excluding tert-OH is 1. The first-order chi connectivity index (χ1) is 7.03.